The first kappa shape index (κ1) is 24.5. The zero-order valence-electron chi connectivity index (χ0n) is 18.4. The van der Waals surface area contributed by atoms with Crippen LogP contribution in [0.2, 0.25) is 0 Å². The Labute approximate surface area is 200 Å². The minimum Gasteiger partial charge on any atom is -0.351 e. The van der Waals surface area contributed by atoms with Gasteiger partial charge in [-0.3, -0.25) is 16.1 Å². The first-order valence-electron chi connectivity index (χ1n) is 10.6. The number of hydrogen-bond donors (Lipinski definition) is 3. The molecule has 3 N–H and O–H groups in total. The molecule has 10 heteroatoms. The summed E-state index contributed by atoms with van der Waals surface area (Å²) in [5, 5.41) is 15.4. The van der Waals surface area contributed by atoms with Gasteiger partial charge in [0.2, 0.25) is 9.84 Å². The fourth-order valence-electron chi connectivity index (χ4n) is 4.16. The van der Waals surface area contributed by atoms with Crippen molar-refractivity contribution in [3.8, 4) is 11.1 Å². The van der Waals surface area contributed by atoms with Crippen LogP contribution in [-0.4, -0.2) is 31.4 Å². The molecule has 0 spiro atoms. The molecule has 3 aromatic carbocycles. The number of benzene rings is 3. The first-order chi connectivity index (χ1) is 16.6. The van der Waals surface area contributed by atoms with Crippen molar-refractivity contribution in [3.63, 3.8) is 0 Å². The van der Waals surface area contributed by atoms with E-state index in [1.54, 1.807) is 22.5 Å². The van der Waals surface area contributed by atoms with Gasteiger partial charge in [-0.15, -0.1) is 0 Å². The lowest BCUT2D eigenvalue weighted by Gasteiger charge is -2.28. The van der Waals surface area contributed by atoms with Gasteiger partial charge in [-0.1, -0.05) is 30.9 Å². The second-order valence-electron chi connectivity index (χ2n) is 8.04. The highest BCUT2D eigenvalue weighted by Crippen LogP contribution is 2.37. The highest BCUT2D eigenvalue weighted by molar-refractivity contribution is 7.92. The largest absolute Gasteiger partial charge is 0.416 e. The molecule has 1 aliphatic heterocycles. The van der Waals surface area contributed by atoms with E-state index in [2.05, 4.69) is 6.58 Å². The average molecular weight is 502 g/mol. The van der Waals surface area contributed by atoms with E-state index in [4.69, 9.17) is 10.6 Å². The summed E-state index contributed by atoms with van der Waals surface area (Å²) in [6.45, 7) is 4.16. The lowest BCUT2D eigenvalue weighted by molar-refractivity contribution is -0.137. The number of sulfone groups is 1. The van der Waals surface area contributed by atoms with Crippen LogP contribution in [0.25, 0.3) is 11.1 Å². The van der Waals surface area contributed by atoms with Gasteiger partial charge in [-0.2, -0.15) is 13.2 Å². The number of nitrogens with zero attached hydrogens (tertiary/aromatic N) is 1. The van der Waals surface area contributed by atoms with Gasteiger partial charge >= 0.3 is 6.18 Å². The summed E-state index contributed by atoms with van der Waals surface area (Å²) in [6, 6.07) is 15.9. The Balaban J connectivity index is 1.61. The van der Waals surface area contributed by atoms with Crippen molar-refractivity contribution < 1.29 is 26.8 Å². The highest BCUT2D eigenvalue weighted by atomic mass is 32.2. The van der Waals surface area contributed by atoms with Gasteiger partial charge in [0.25, 0.3) is 0 Å². The van der Waals surface area contributed by atoms with E-state index in [0.29, 0.717) is 24.1 Å². The number of hydrogen-bond acceptors (Lipinski definition) is 5. The monoisotopic (exact) mass is 501 g/mol. The number of fused-ring (bicyclic) bond motifs is 1. The minimum absolute atomic E-state index is 0.0479. The lowest BCUT2D eigenvalue weighted by Crippen LogP contribution is -2.38. The van der Waals surface area contributed by atoms with Crippen molar-refractivity contribution >= 4 is 21.4 Å². The van der Waals surface area contributed by atoms with Crippen molar-refractivity contribution in [2.45, 2.75) is 22.9 Å². The second kappa shape index (κ2) is 9.20. The Kier molecular flexibility index (Phi) is 6.44. The van der Waals surface area contributed by atoms with Crippen LogP contribution in [0.5, 0.6) is 0 Å². The van der Waals surface area contributed by atoms with Crippen LogP contribution in [0.4, 0.5) is 18.9 Å². The summed E-state index contributed by atoms with van der Waals surface area (Å²) < 4.78 is 65.4. The molecule has 4 rings (SSSR count). The van der Waals surface area contributed by atoms with Crippen LogP contribution < -0.4 is 10.4 Å². The Morgan fingerprint density at radius 2 is 1.69 bits per heavy atom. The summed E-state index contributed by atoms with van der Waals surface area (Å²) in [5.74, 6) is -0.258. The van der Waals surface area contributed by atoms with Gasteiger partial charge in [0.15, 0.2) is 5.37 Å². The summed E-state index contributed by atoms with van der Waals surface area (Å²) in [5.41, 5.74) is 4.31. The summed E-state index contributed by atoms with van der Waals surface area (Å²) >= 11 is 0. The second-order valence-corrected chi connectivity index (χ2v) is 10.1. The number of nitrogens with one attached hydrogen (secondary N) is 2. The number of amidine groups is 1. The van der Waals surface area contributed by atoms with Crippen LogP contribution >= 0.6 is 0 Å². The van der Waals surface area contributed by atoms with Crippen LogP contribution in [0.15, 0.2) is 84.3 Å². The van der Waals surface area contributed by atoms with Gasteiger partial charge in [-0.05, 0) is 71.6 Å². The molecule has 3 aromatic rings. The molecule has 0 fully saturated rings. The minimum atomic E-state index is -4.40. The normalized spacial score (nSPS) is 14.3. The molecule has 1 heterocycles. The van der Waals surface area contributed by atoms with Gasteiger partial charge in [0.05, 0.1) is 10.5 Å². The number of alkyl halides is 3. The molecule has 1 atom stereocenters. The Bertz CT molecular complexity index is 1370. The van der Waals surface area contributed by atoms with E-state index in [1.807, 2.05) is 6.07 Å². The third kappa shape index (κ3) is 4.67. The molecular weight excluding hydrogens is 479 g/mol. The lowest BCUT2D eigenvalue weighted by atomic mass is 10.0. The molecule has 0 amide bonds. The van der Waals surface area contributed by atoms with Crippen LogP contribution in [-0.2, 0) is 22.4 Å². The van der Waals surface area contributed by atoms with Crippen molar-refractivity contribution in [3.05, 3.63) is 96.1 Å². The predicted molar refractivity (Wildman–Crippen MR) is 127 cm³/mol. The number of anilines is 1. The Morgan fingerprint density at radius 3 is 2.26 bits per heavy atom. The molecule has 0 radical (unpaired) electrons. The standard InChI is InChI=1S/C25H22F3N3O3S/c1-2-23(35(33,34)21-10-5-17(6-11-21)24(29)30-32)31-14-13-19-15-18(7-12-22(19)31)16-3-8-20(9-4-16)25(26,27)28/h2-12,15,23,32H,1,13-14H2,(H2,29,30). The van der Waals surface area contributed by atoms with Gasteiger partial charge in [0.1, 0.15) is 5.84 Å². The molecule has 35 heavy (non-hydrogen) atoms. The van der Waals surface area contributed by atoms with Crippen molar-refractivity contribution in [1.82, 2.24) is 5.48 Å². The number of halogens is 3. The number of hydroxylamine groups is 1. The molecule has 182 valence electrons. The maximum absolute atomic E-state index is 13.4. The molecule has 0 bridgehead atoms. The zero-order valence-corrected chi connectivity index (χ0v) is 19.2. The highest BCUT2D eigenvalue weighted by Gasteiger charge is 2.35. The fraction of sp³-hybridized carbons (Fsp3) is 0.160. The van der Waals surface area contributed by atoms with Gasteiger partial charge < -0.3 is 4.90 Å². The molecule has 6 nitrogen and oxygen atoms in total. The summed E-state index contributed by atoms with van der Waals surface area (Å²) in [4.78, 5) is 1.78. The van der Waals surface area contributed by atoms with E-state index in [1.165, 1.54) is 42.5 Å². The molecule has 1 aliphatic rings. The summed E-state index contributed by atoms with van der Waals surface area (Å²) in [6.07, 6.45) is -2.47. The topological polar surface area (TPSA) is 93.5 Å². The van der Waals surface area contributed by atoms with Crippen molar-refractivity contribution in [1.29, 1.82) is 5.41 Å². The van der Waals surface area contributed by atoms with E-state index in [9.17, 15) is 21.6 Å². The Morgan fingerprint density at radius 1 is 1.06 bits per heavy atom. The fourth-order valence-corrected chi connectivity index (χ4v) is 5.76. The maximum Gasteiger partial charge on any atom is 0.416 e. The van der Waals surface area contributed by atoms with Crippen LogP contribution in [0, 0.1) is 5.41 Å². The van der Waals surface area contributed by atoms with Crippen LogP contribution in [0.3, 0.4) is 0 Å². The van der Waals surface area contributed by atoms with Gasteiger partial charge in [-0.25, -0.2) is 8.42 Å². The molecule has 1 unspecified atom stereocenters. The third-order valence-corrected chi connectivity index (χ3v) is 7.98. The summed E-state index contributed by atoms with van der Waals surface area (Å²) in [7, 11) is -3.86. The zero-order chi connectivity index (χ0) is 25.4. The SMILES string of the molecule is C=CC(N1CCc2cc(-c3ccc(C(F)(F)F)cc3)ccc21)S(=O)(=O)c1ccc(C(=N)NO)cc1. The van der Waals surface area contributed by atoms with E-state index in [-0.39, 0.29) is 10.7 Å². The molecule has 0 aliphatic carbocycles. The third-order valence-electron chi connectivity index (χ3n) is 5.97. The smallest absolute Gasteiger partial charge is 0.351 e. The molecule has 0 saturated carbocycles. The number of rotatable bonds is 6. The van der Waals surface area contributed by atoms with E-state index < -0.39 is 27.0 Å². The van der Waals surface area contributed by atoms with Crippen molar-refractivity contribution in [2.75, 3.05) is 11.4 Å². The van der Waals surface area contributed by atoms with Gasteiger partial charge in [0, 0.05) is 17.8 Å². The van der Waals surface area contributed by atoms with E-state index in [0.717, 1.165) is 28.9 Å². The average Bonchev–Trinajstić information content (AvgIpc) is 3.26. The first-order valence-corrected chi connectivity index (χ1v) is 12.1. The van der Waals surface area contributed by atoms with Crippen molar-refractivity contribution in [2.24, 2.45) is 0 Å². The predicted octanol–water partition coefficient (Wildman–Crippen LogP) is 5.03. The molecule has 0 saturated heterocycles. The molecular formula is C25H22F3N3O3S. The Hall–Kier alpha value is -3.63. The quantitative estimate of drug-likeness (QED) is 0.191. The van der Waals surface area contributed by atoms with E-state index >= 15 is 0 Å². The van der Waals surface area contributed by atoms with Crippen LogP contribution in [0.1, 0.15) is 16.7 Å². The molecule has 0 aromatic heterocycles. The maximum atomic E-state index is 13.4.